The van der Waals surface area contributed by atoms with E-state index in [1.807, 2.05) is 35.4 Å². The van der Waals surface area contributed by atoms with Crippen molar-refractivity contribution in [3.05, 3.63) is 70.9 Å². The molecule has 28 heavy (non-hydrogen) atoms. The van der Waals surface area contributed by atoms with Crippen LogP contribution in [-0.2, 0) is 11.2 Å². The molecular weight excluding hydrogens is 374 g/mol. The van der Waals surface area contributed by atoms with Gasteiger partial charge in [-0.1, -0.05) is 35.9 Å². The number of aromatic amines is 1. The molecule has 0 spiro atoms. The standard InChI is InChI=1S/C22H22ClN3O2/c23-17-7-5-6-15(12-17)21(27)25-20(22(28)26-10-3-4-11-26)13-16-14-24-19-9-2-1-8-18(16)19/h1-2,5-9,12,14,20,24H,3-4,10-11,13H2,(H,25,27)/t20-/m1/s1. The predicted octanol–water partition coefficient (Wildman–Crippen LogP) is 3.78. The number of rotatable bonds is 5. The number of hydrogen-bond donors (Lipinski definition) is 2. The normalized spacial score (nSPS) is 15.0. The van der Waals surface area contributed by atoms with Gasteiger partial charge >= 0.3 is 0 Å². The Bertz CT molecular complexity index is 1010. The van der Waals surface area contributed by atoms with Crippen molar-refractivity contribution in [2.45, 2.75) is 25.3 Å². The fourth-order valence-corrected chi connectivity index (χ4v) is 3.94. The molecule has 1 fully saturated rings. The highest BCUT2D eigenvalue weighted by Gasteiger charge is 2.29. The zero-order valence-electron chi connectivity index (χ0n) is 15.5. The molecule has 0 unspecified atom stereocenters. The lowest BCUT2D eigenvalue weighted by Gasteiger charge is -2.24. The fourth-order valence-electron chi connectivity index (χ4n) is 3.75. The van der Waals surface area contributed by atoms with Gasteiger partial charge in [-0.3, -0.25) is 9.59 Å². The molecule has 4 rings (SSSR count). The van der Waals surface area contributed by atoms with Crippen LogP contribution in [0, 0.1) is 0 Å². The number of aromatic nitrogens is 1. The summed E-state index contributed by atoms with van der Waals surface area (Å²) >= 11 is 6.01. The Morgan fingerprint density at radius 1 is 1.11 bits per heavy atom. The Morgan fingerprint density at radius 3 is 2.68 bits per heavy atom. The van der Waals surface area contributed by atoms with Crippen LogP contribution in [0.3, 0.4) is 0 Å². The maximum atomic E-state index is 13.1. The summed E-state index contributed by atoms with van der Waals surface area (Å²) in [5.74, 6) is -0.321. The molecule has 144 valence electrons. The SMILES string of the molecule is O=C(N[C@H](Cc1c[nH]c2ccccc12)C(=O)N1CCCC1)c1cccc(Cl)c1. The summed E-state index contributed by atoms with van der Waals surface area (Å²) in [6.07, 6.45) is 4.37. The Hall–Kier alpha value is -2.79. The van der Waals surface area contributed by atoms with E-state index in [-0.39, 0.29) is 11.8 Å². The van der Waals surface area contributed by atoms with Gasteiger partial charge in [-0.2, -0.15) is 0 Å². The predicted molar refractivity (Wildman–Crippen MR) is 111 cm³/mol. The van der Waals surface area contributed by atoms with E-state index in [2.05, 4.69) is 10.3 Å². The van der Waals surface area contributed by atoms with Crippen LogP contribution in [0.2, 0.25) is 5.02 Å². The van der Waals surface area contributed by atoms with Gasteiger partial charge in [-0.05, 0) is 42.7 Å². The first-order chi connectivity index (χ1) is 13.6. The number of nitrogens with zero attached hydrogens (tertiary/aromatic N) is 1. The van der Waals surface area contributed by atoms with Crippen molar-refractivity contribution in [2.24, 2.45) is 0 Å². The summed E-state index contributed by atoms with van der Waals surface area (Å²) in [6, 6.07) is 14.1. The average Bonchev–Trinajstić information content (AvgIpc) is 3.37. The lowest BCUT2D eigenvalue weighted by Crippen LogP contribution is -2.49. The minimum absolute atomic E-state index is 0.0295. The summed E-state index contributed by atoms with van der Waals surface area (Å²) in [7, 11) is 0. The van der Waals surface area contributed by atoms with E-state index in [0.717, 1.165) is 42.4 Å². The minimum Gasteiger partial charge on any atom is -0.361 e. The number of hydrogen-bond acceptors (Lipinski definition) is 2. The number of H-pyrrole nitrogens is 1. The number of carbonyl (C=O) groups is 2. The Balaban J connectivity index is 1.60. The molecule has 1 saturated heterocycles. The first kappa shape index (κ1) is 18.6. The van der Waals surface area contributed by atoms with Crippen LogP contribution < -0.4 is 5.32 Å². The van der Waals surface area contributed by atoms with Crippen molar-refractivity contribution in [2.75, 3.05) is 13.1 Å². The fraction of sp³-hybridized carbons (Fsp3) is 0.273. The molecule has 5 nitrogen and oxygen atoms in total. The Labute approximate surface area is 168 Å². The van der Waals surface area contributed by atoms with E-state index < -0.39 is 6.04 Å². The van der Waals surface area contributed by atoms with Gasteiger partial charge in [-0.15, -0.1) is 0 Å². The number of halogens is 1. The third-order valence-electron chi connectivity index (χ3n) is 5.21. The Morgan fingerprint density at radius 2 is 1.89 bits per heavy atom. The van der Waals surface area contributed by atoms with Crippen molar-refractivity contribution >= 4 is 34.3 Å². The van der Waals surface area contributed by atoms with Gasteiger partial charge in [0.25, 0.3) is 5.91 Å². The van der Waals surface area contributed by atoms with Crippen LogP contribution in [0.4, 0.5) is 0 Å². The zero-order chi connectivity index (χ0) is 19.5. The average molecular weight is 396 g/mol. The van der Waals surface area contributed by atoms with E-state index >= 15 is 0 Å². The quantitative estimate of drug-likeness (QED) is 0.690. The van der Waals surface area contributed by atoms with Gasteiger partial charge < -0.3 is 15.2 Å². The van der Waals surface area contributed by atoms with Gasteiger partial charge in [0.05, 0.1) is 0 Å². The maximum Gasteiger partial charge on any atom is 0.251 e. The molecule has 1 aromatic heterocycles. The summed E-state index contributed by atoms with van der Waals surface area (Å²) in [5.41, 5.74) is 2.48. The first-order valence-corrected chi connectivity index (χ1v) is 9.90. The monoisotopic (exact) mass is 395 g/mol. The molecule has 1 aliphatic heterocycles. The van der Waals surface area contributed by atoms with Crippen LogP contribution in [0.1, 0.15) is 28.8 Å². The highest BCUT2D eigenvalue weighted by Crippen LogP contribution is 2.21. The van der Waals surface area contributed by atoms with Crippen molar-refractivity contribution in [3.8, 4) is 0 Å². The van der Waals surface area contributed by atoms with E-state index in [1.165, 1.54) is 0 Å². The molecular formula is C22H22ClN3O2. The molecule has 0 saturated carbocycles. The number of benzene rings is 2. The van der Waals surface area contributed by atoms with Crippen molar-refractivity contribution in [1.82, 2.24) is 15.2 Å². The second-order valence-electron chi connectivity index (χ2n) is 7.13. The number of para-hydroxylation sites is 1. The molecule has 3 aromatic rings. The van der Waals surface area contributed by atoms with E-state index in [0.29, 0.717) is 17.0 Å². The molecule has 0 aliphatic carbocycles. The Kier molecular flexibility index (Phi) is 5.35. The lowest BCUT2D eigenvalue weighted by molar-refractivity contribution is -0.132. The molecule has 2 N–H and O–H groups in total. The largest absolute Gasteiger partial charge is 0.361 e. The van der Waals surface area contributed by atoms with Gasteiger partial charge in [-0.25, -0.2) is 0 Å². The second-order valence-corrected chi connectivity index (χ2v) is 7.57. The van der Waals surface area contributed by atoms with E-state index in [4.69, 9.17) is 11.6 Å². The van der Waals surface area contributed by atoms with Gasteiger partial charge in [0.2, 0.25) is 5.91 Å². The molecule has 1 aliphatic rings. The van der Waals surface area contributed by atoms with Crippen molar-refractivity contribution < 1.29 is 9.59 Å². The van der Waals surface area contributed by atoms with Gasteiger partial charge in [0, 0.05) is 47.2 Å². The molecule has 1 atom stereocenters. The molecule has 0 bridgehead atoms. The third kappa shape index (κ3) is 3.90. The second kappa shape index (κ2) is 8.07. The van der Waals surface area contributed by atoms with Gasteiger partial charge in [0.15, 0.2) is 0 Å². The van der Waals surface area contributed by atoms with Crippen molar-refractivity contribution in [3.63, 3.8) is 0 Å². The number of nitrogens with one attached hydrogen (secondary N) is 2. The molecule has 6 heteroatoms. The highest BCUT2D eigenvalue weighted by atomic mass is 35.5. The van der Waals surface area contributed by atoms with Crippen LogP contribution >= 0.6 is 11.6 Å². The van der Waals surface area contributed by atoms with E-state index in [1.54, 1.807) is 24.3 Å². The van der Waals surface area contributed by atoms with Crippen molar-refractivity contribution in [1.29, 1.82) is 0 Å². The topological polar surface area (TPSA) is 65.2 Å². The van der Waals surface area contributed by atoms with E-state index in [9.17, 15) is 9.59 Å². The minimum atomic E-state index is -0.621. The number of carbonyl (C=O) groups excluding carboxylic acids is 2. The molecule has 2 aromatic carbocycles. The summed E-state index contributed by atoms with van der Waals surface area (Å²) in [6.45, 7) is 1.49. The van der Waals surface area contributed by atoms with Crippen LogP contribution in [0.5, 0.6) is 0 Å². The molecule has 2 amide bonds. The first-order valence-electron chi connectivity index (χ1n) is 9.52. The van der Waals surface area contributed by atoms with Crippen LogP contribution in [-0.4, -0.2) is 40.8 Å². The zero-order valence-corrected chi connectivity index (χ0v) is 16.2. The van der Waals surface area contributed by atoms with Gasteiger partial charge in [0.1, 0.15) is 6.04 Å². The number of likely N-dealkylation sites (tertiary alicyclic amines) is 1. The lowest BCUT2D eigenvalue weighted by atomic mass is 10.0. The number of amides is 2. The molecule has 2 heterocycles. The smallest absolute Gasteiger partial charge is 0.251 e. The summed E-state index contributed by atoms with van der Waals surface area (Å²) in [5, 5.41) is 4.50. The highest BCUT2D eigenvalue weighted by molar-refractivity contribution is 6.31. The third-order valence-corrected chi connectivity index (χ3v) is 5.44. The summed E-state index contributed by atoms with van der Waals surface area (Å²) < 4.78 is 0. The molecule has 0 radical (unpaired) electrons. The maximum absolute atomic E-state index is 13.1. The van der Waals surface area contributed by atoms with Crippen LogP contribution in [0.25, 0.3) is 10.9 Å². The van der Waals surface area contributed by atoms with Crippen LogP contribution in [0.15, 0.2) is 54.7 Å². The number of fused-ring (bicyclic) bond motifs is 1. The summed E-state index contributed by atoms with van der Waals surface area (Å²) in [4.78, 5) is 31.0.